The fourth-order valence-electron chi connectivity index (χ4n) is 12.4. The summed E-state index contributed by atoms with van der Waals surface area (Å²) in [6.07, 6.45) is 3.34. The minimum absolute atomic E-state index is 0.0239. The van der Waals surface area contributed by atoms with Gasteiger partial charge in [0.05, 0.1) is 10.8 Å². The van der Waals surface area contributed by atoms with Gasteiger partial charge in [-0.15, -0.1) is 0 Å². The van der Waals surface area contributed by atoms with E-state index in [1.165, 1.54) is 89.0 Å². The molecule has 1 heteroatoms. The Balaban J connectivity index is 1.19. The highest BCUT2D eigenvalue weighted by atomic mass is 15.1. The molecule has 0 fully saturated rings. The van der Waals surface area contributed by atoms with Gasteiger partial charge in [-0.05, 0) is 155 Å². The molecule has 2 aliphatic carbocycles. The molecular weight excluding hydrogens is 879 g/mol. The Kier molecular flexibility index (Phi) is 11.9. The van der Waals surface area contributed by atoms with E-state index in [1.54, 1.807) is 0 Å². The summed E-state index contributed by atoms with van der Waals surface area (Å²) in [5.74, 6) is 0. The predicted molar refractivity (Wildman–Crippen MR) is 310 cm³/mol. The first-order valence-electron chi connectivity index (χ1n) is 26.8. The quantitative estimate of drug-likeness (QED) is 0.132. The number of anilines is 3. The zero-order chi connectivity index (χ0) is 50.9. The Morgan fingerprint density at radius 2 is 0.699 bits per heavy atom. The van der Waals surface area contributed by atoms with E-state index in [9.17, 15) is 0 Å². The van der Waals surface area contributed by atoms with Gasteiger partial charge in [0.25, 0.3) is 0 Å². The standard InChI is InChI=1S/C72H71N/c1-11-12-21-49-22-20-25-57(46-49)73(58-42-44-62-60-26-16-18-28-64(60)71(66(62)47-58,53-23-14-13-15-24-53)54-36-30-50(31-37-54)68(2,3)4)59-43-45-63-61-27-17-19-29-65(61)72(67(63)48-59,55-38-32-51(33-39-55)69(5,6)7)56-40-34-52(35-41-56)70(8,9)10/h13-20,22-48H,11-12,21H2,1-10H3. The Bertz CT molecular complexity index is 3400. The van der Waals surface area contributed by atoms with E-state index in [0.717, 1.165) is 36.3 Å². The second-order valence-electron chi connectivity index (χ2n) is 24.0. The van der Waals surface area contributed by atoms with Crippen molar-refractivity contribution in [1.82, 2.24) is 0 Å². The van der Waals surface area contributed by atoms with Gasteiger partial charge < -0.3 is 4.90 Å². The van der Waals surface area contributed by atoms with Gasteiger partial charge in [0.2, 0.25) is 0 Å². The third kappa shape index (κ3) is 7.99. The average Bonchev–Trinajstić information content (AvgIpc) is 3.86. The lowest BCUT2D eigenvalue weighted by Gasteiger charge is -2.36. The summed E-state index contributed by atoms with van der Waals surface area (Å²) < 4.78 is 0. The molecule has 11 rings (SSSR count). The molecule has 0 saturated heterocycles. The lowest BCUT2D eigenvalue weighted by atomic mass is 9.66. The number of hydrogen-bond donors (Lipinski definition) is 0. The SMILES string of the molecule is CCCCc1cccc(N(c2ccc3c(c2)C(c2ccccc2)(c2ccc(C(C)(C)C)cc2)c2ccccc2-3)c2ccc3c(c2)C(c2ccc(C(C)(C)C)cc2)(c2ccc(C(C)(C)C)cc2)c2ccccc2-3)c1. The number of benzene rings is 9. The molecule has 0 aliphatic heterocycles. The molecule has 0 aromatic heterocycles. The van der Waals surface area contributed by atoms with Gasteiger partial charge in [0, 0.05) is 17.1 Å². The Morgan fingerprint density at radius 1 is 0.329 bits per heavy atom. The lowest BCUT2D eigenvalue weighted by Crippen LogP contribution is -2.29. The highest BCUT2D eigenvalue weighted by Gasteiger charge is 2.48. The zero-order valence-corrected chi connectivity index (χ0v) is 44.8. The molecule has 73 heavy (non-hydrogen) atoms. The summed E-state index contributed by atoms with van der Waals surface area (Å²) in [4.78, 5) is 2.55. The molecule has 1 nitrogen and oxygen atoms in total. The Labute approximate surface area is 436 Å². The van der Waals surface area contributed by atoms with Crippen molar-refractivity contribution < 1.29 is 0 Å². The van der Waals surface area contributed by atoms with Crippen LogP contribution in [0.5, 0.6) is 0 Å². The smallest absolute Gasteiger partial charge is 0.0714 e. The Hall–Kier alpha value is -7.22. The summed E-state index contributed by atoms with van der Waals surface area (Å²) in [5.41, 5.74) is 23.2. The van der Waals surface area contributed by atoms with Crippen molar-refractivity contribution in [3.8, 4) is 22.3 Å². The van der Waals surface area contributed by atoms with E-state index in [1.807, 2.05) is 0 Å². The first kappa shape index (κ1) is 48.1. The topological polar surface area (TPSA) is 3.24 Å². The summed E-state index contributed by atoms with van der Waals surface area (Å²) in [5, 5.41) is 0. The van der Waals surface area contributed by atoms with Crippen LogP contribution in [0.1, 0.15) is 149 Å². The van der Waals surface area contributed by atoms with Gasteiger partial charge in [-0.25, -0.2) is 0 Å². The van der Waals surface area contributed by atoms with E-state index in [2.05, 4.69) is 286 Å². The molecule has 1 atom stereocenters. The van der Waals surface area contributed by atoms with Crippen LogP contribution in [0.4, 0.5) is 17.1 Å². The summed E-state index contributed by atoms with van der Waals surface area (Å²) in [6, 6.07) is 82.2. The lowest BCUT2D eigenvalue weighted by molar-refractivity contribution is 0.588. The molecule has 9 aromatic rings. The summed E-state index contributed by atoms with van der Waals surface area (Å²) in [7, 11) is 0. The molecule has 2 aliphatic rings. The van der Waals surface area contributed by atoms with E-state index in [0.29, 0.717) is 0 Å². The minimum Gasteiger partial charge on any atom is -0.310 e. The first-order chi connectivity index (χ1) is 35.0. The van der Waals surface area contributed by atoms with E-state index in [4.69, 9.17) is 0 Å². The fourth-order valence-corrected chi connectivity index (χ4v) is 12.4. The number of aryl methyl sites for hydroxylation is 1. The van der Waals surface area contributed by atoms with Crippen molar-refractivity contribution in [2.45, 2.75) is 116 Å². The summed E-state index contributed by atoms with van der Waals surface area (Å²) >= 11 is 0. The second kappa shape index (κ2) is 18.1. The number of nitrogens with zero attached hydrogens (tertiary/aromatic N) is 1. The summed E-state index contributed by atoms with van der Waals surface area (Å²) in [6.45, 7) is 23.1. The number of rotatable bonds is 10. The molecule has 0 heterocycles. The van der Waals surface area contributed by atoms with Gasteiger partial charge in [0.15, 0.2) is 0 Å². The van der Waals surface area contributed by atoms with Crippen molar-refractivity contribution in [3.05, 3.63) is 279 Å². The van der Waals surface area contributed by atoms with Crippen molar-refractivity contribution >= 4 is 17.1 Å². The fraction of sp³-hybridized carbons (Fsp3) is 0.250. The molecule has 9 aromatic carbocycles. The molecular formula is C72H71N. The van der Waals surface area contributed by atoms with Crippen LogP contribution in [0.3, 0.4) is 0 Å². The Morgan fingerprint density at radius 3 is 1.11 bits per heavy atom. The monoisotopic (exact) mass is 950 g/mol. The van der Waals surface area contributed by atoms with Crippen molar-refractivity contribution in [3.63, 3.8) is 0 Å². The van der Waals surface area contributed by atoms with Gasteiger partial charge in [-0.2, -0.15) is 0 Å². The van der Waals surface area contributed by atoms with Crippen LogP contribution in [-0.4, -0.2) is 0 Å². The van der Waals surface area contributed by atoms with Crippen LogP contribution in [0.2, 0.25) is 0 Å². The third-order valence-electron chi connectivity index (χ3n) is 16.3. The van der Waals surface area contributed by atoms with Crippen LogP contribution >= 0.6 is 0 Å². The molecule has 364 valence electrons. The predicted octanol–water partition coefficient (Wildman–Crippen LogP) is 19.1. The highest BCUT2D eigenvalue weighted by molar-refractivity contribution is 5.92. The maximum Gasteiger partial charge on any atom is 0.0714 e. The van der Waals surface area contributed by atoms with Crippen LogP contribution in [0.15, 0.2) is 212 Å². The van der Waals surface area contributed by atoms with Crippen LogP contribution in [0.25, 0.3) is 22.3 Å². The van der Waals surface area contributed by atoms with Gasteiger partial charge in [-0.1, -0.05) is 252 Å². The maximum absolute atomic E-state index is 2.55. The van der Waals surface area contributed by atoms with Crippen LogP contribution in [-0.2, 0) is 33.5 Å². The normalized spacial score (nSPS) is 15.6. The first-order valence-corrected chi connectivity index (χ1v) is 26.8. The molecule has 0 N–H and O–H groups in total. The molecule has 1 unspecified atom stereocenters. The van der Waals surface area contributed by atoms with E-state index in [-0.39, 0.29) is 16.2 Å². The second-order valence-corrected chi connectivity index (χ2v) is 24.0. The van der Waals surface area contributed by atoms with Crippen LogP contribution < -0.4 is 4.90 Å². The zero-order valence-electron chi connectivity index (χ0n) is 44.8. The van der Waals surface area contributed by atoms with Gasteiger partial charge in [-0.3, -0.25) is 0 Å². The molecule has 0 spiro atoms. The molecule has 0 radical (unpaired) electrons. The van der Waals surface area contributed by atoms with Crippen molar-refractivity contribution in [2.24, 2.45) is 0 Å². The minimum atomic E-state index is -0.579. The number of hydrogen-bond acceptors (Lipinski definition) is 1. The average molecular weight is 950 g/mol. The van der Waals surface area contributed by atoms with Crippen molar-refractivity contribution in [1.29, 1.82) is 0 Å². The van der Waals surface area contributed by atoms with Gasteiger partial charge in [0.1, 0.15) is 0 Å². The van der Waals surface area contributed by atoms with Crippen molar-refractivity contribution in [2.75, 3.05) is 4.90 Å². The van der Waals surface area contributed by atoms with E-state index >= 15 is 0 Å². The highest BCUT2D eigenvalue weighted by Crippen LogP contribution is 2.60. The van der Waals surface area contributed by atoms with Crippen LogP contribution in [0, 0.1) is 0 Å². The molecule has 0 bridgehead atoms. The molecule has 0 amide bonds. The number of fused-ring (bicyclic) bond motifs is 6. The maximum atomic E-state index is 2.55. The van der Waals surface area contributed by atoms with E-state index < -0.39 is 10.8 Å². The van der Waals surface area contributed by atoms with Gasteiger partial charge >= 0.3 is 0 Å². The number of unbranched alkanes of at least 4 members (excludes halogenated alkanes) is 1. The largest absolute Gasteiger partial charge is 0.310 e. The molecule has 0 saturated carbocycles. The third-order valence-corrected chi connectivity index (χ3v) is 16.3.